The minimum absolute atomic E-state index is 0.219. The summed E-state index contributed by atoms with van der Waals surface area (Å²) in [6.07, 6.45) is 1.66. The van der Waals surface area contributed by atoms with Crippen LogP contribution < -0.4 is 0 Å². The highest BCUT2D eigenvalue weighted by molar-refractivity contribution is 5.66. The molecule has 0 aliphatic carbocycles. The molecule has 0 fully saturated rings. The van der Waals surface area contributed by atoms with Gasteiger partial charge in [-0.3, -0.25) is 4.79 Å². The molecule has 0 spiro atoms. The van der Waals surface area contributed by atoms with Crippen molar-refractivity contribution in [3.8, 4) is 0 Å². The van der Waals surface area contributed by atoms with Crippen LogP contribution >= 0.6 is 0 Å². The van der Waals surface area contributed by atoms with E-state index in [4.69, 9.17) is 9.84 Å². The number of hydrogen-bond donors (Lipinski definition) is 1. The number of ether oxygens (including phenoxy) is 2. The van der Waals surface area contributed by atoms with Gasteiger partial charge in [0, 0.05) is 20.1 Å². The molecule has 1 N–H and O–H groups in total. The van der Waals surface area contributed by atoms with Gasteiger partial charge in [0.05, 0.1) is 0 Å². The van der Waals surface area contributed by atoms with Gasteiger partial charge < -0.3 is 14.6 Å². The number of aliphatic carboxylic acids is 1. The fourth-order valence-electron chi connectivity index (χ4n) is 0.623. The molecule has 0 aliphatic rings. The van der Waals surface area contributed by atoms with Crippen LogP contribution in [0.25, 0.3) is 0 Å². The van der Waals surface area contributed by atoms with Gasteiger partial charge in [0.2, 0.25) is 0 Å². The van der Waals surface area contributed by atoms with Crippen LogP contribution in [-0.2, 0) is 14.3 Å². The number of carboxylic acid groups (broad SMARTS) is 1. The molecule has 11 heavy (non-hydrogen) atoms. The molecule has 0 bridgehead atoms. The first-order chi connectivity index (χ1) is 5.27. The lowest BCUT2D eigenvalue weighted by Crippen LogP contribution is -2.00. The van der Waals surface area contributed by atoms with Crippen LogP contribution in [0.4, 0.5) is 0 Å². The van der Waals surface area contributed by atoms with Crippen molar-refractivity contribution >= 4 is 5.97 Å². The standard InChI is InChI=1S/C7H14O4/c1-10-6-11-5-3-2-4-7(8)9/h2-6H2,1H3,(H,8,9). The first-order valence-corrected chi connectivity index (χ1v) is 3.56. The maximum atomic E-state index is 10.0. The number of carboxylic acids is 1. The van der Waals surface area contributed by atoms with Crippen LogP contribution in [0.1, 0.15) is 19.3 Å². The van der Waals surface area contributed by atoms with Gasteiger partial charge in [-0.05, 0) is 12.8 Å². The Bertz CT molecular complexity index is 103. The largest absolute Gasteiger partial charge is 0.481 e. The van der Waals surface area contributed by atoms with Gasteiger partial charge in [0.15, 0.2) is 0 Å². The van der Waals surface area contributed by atoms with E-state index in [9.17, 15) is 4.79 Å². The van der Waals surface area contributed by atoms with Crippen molar-refractivity contribution in [3.05, 3.63) is 0 Å². The van der Waals surface area contributed by atoms with Gasteiger partial charge in [-0.25, -0.2) is 0 Å². The van der Waals surface area contributed by atoms with E-state index in [1.807, 2.05) is 0 Å². The Morgan fingerprint density at radius 3 is 2.73 bits per heavy atom. The molecule has 0 aromatic heterocycles. The van der Waals surface area contributed by atoms with Crippen molar-refractivity contribution in [3.63, 3.8) is 0 Å². The predicted molar refractivity (Wildman–Crippen MR) is 39.3 cm³/mol. The average Bonchev–Trinajstić information content (AvgIpc) is 1.96. The highest BCUT2D eigenvalue weighted by atomic mass is 16.7. The van der Waals surface area contributed by atoms with E-state index in [0.717, 1.165) is 6.42 Å². The summed E-state index contributed by atoms with van der Waals surface area (Å²) >= 11 is 0. The van der Waals surface area contributed by atoms with Crippen molar-refractivity contribution in [1.29, 1.82) is 0 Å². The Balaban J connectivity index is 2.85. The molecule has 4 nitrogen and oxygen atoms in total. The van der Waals surface area contributed by atoms with Gasteiger partial charge in [0.25, 0.3) is 0 Å². The molecule has 66 valence electrons. The molecule has 0 aromatic rings. The minimum Gasteiger partial charge on any atom is -0.481 e. The van der Waals surface area contributed by atoms with Crippen LogP contribution in [0.5, 0.6) is 0 Å². The second-order valence-electron chi connectivity index (χ2n) is 2.17. The quantitative estimate of drug-likeness (QED) is 0.445. The fourth-order valence-corrected chi connectivity index (χ4v) is 0.623. The molecule has 0 aliphatic heterocycles. The summed E-state index contributed by atoms with van der Waals surface area (Å²) in [7, 11) is 1.55. The number of rotatable bonds is 7. The van der Waals surface area contributed by atoms with Crippen molar-refractivity contribution in [2.45, 2.75) is 19.3 Å². The lowest BCUT2D eigenvalue weighted by Gasteiger charge is -2.00. The van der Waals surface area contributed by atoms with E-state index in [-0.39, 0.29) is 13.2 Å². The fraction of sp³-hybridized carbons (Fsp3) is 0.857. The van der Waals surface area contributed by atoms with E-state index < -0.39 is 5.97 Å². The van der Waals surface area contributed by atoms with Crippen LogP contribution in [0.2, 0.25) is 0 Å². The Labute approximate surface area is 66.1 Å². The molecule has 0 saturated carbocycles. The summed E-state index contributed by atoms with van der Waals surface area (Å²) in [5, 5.41) is 8.25. The highest BCUT2D eigenvalue weighted by Gasteiger charge is 1.95. The Morgan fingerprint density at radius 2 is 2.18 bits per heavy atom. The molecule has 0 saturated heterocycles. The Kier molecular flexibility index (Phi) is 7.08. The van der Waals surface area contributed by atoms with Crippen molar-refractivity contribution in [2.75, 3.05) is 20.5 Å². The first kappa shape index (κ1) is 10.4. The van der Waals surface area contributed by atoms with Gasteiger partial charge in [-0.15, -0.1) is 0 Å². The van der Waals surface area contributed by atoms with E-state index in [1.165, 1.54) is 0 Å². The Hall–Kier alpha value is -0.610. The molecule has 0 radical (unpaired) electrons. The minimum atomic E-state index is -0.753. The molecule has 0 rings (SSSR count). The SMILES string of the molecule is COCOCCCCC(=O)O. The zero-order valence-electron chi connectivity index (χ0n) is 6.71. The third-order valence-electron chi connectivity index (χ3n) is 1.13. The van der Waals surface area contributed by atoms with Crippen molar-refractivity contribution < 1.29 is 19.4 Å². The average molecular weight is 162 g/mol. The van der Waals surface area contributed by atoms with E-state index in [1.54, 1.807) is 7.11 Å². The lowest BCUT2D eigenvalue weighted by molar-refractivity contribution is -0.137. The maximum absolute atomic E-state index is 10.0. The molecule has 0 atom stereocenters. The smallest absolute Gasteiger partial charge is 0.303 e. The molecule has 4 heteroatoms. The summed E-state index contributed by atoms with van der Waals surface area (Å²) in [6, 6.07) is 0. The second kappa shape index (κ2) is 7.50. The predicted octanol–water partition coefficient (Wildman–Crippen LogP) is 0.862. The van der Waals surface area contributed by atoms with E-state index in [0.29, 0.717) is 13.0 Å². The Morgan fingerprint density at radius 1 is 1.45 bits per heavy atom. The van der Waals surface area contributed by atoms with Gasteiger partial charge >= 0.3 is 5.97 Å². The van der Waals surface area contributed by atoms with Crippen LogP contribution in [0.15, 0.2) is 0 Å². The van der Waals surface area contributed by atoms with Crippen LogP contribution in [0.3, 0.4) is 0 Å². The second-order valence-corrected chi connectivity index (χ2v) is 2.17. The summed E-state index contributed by atoms with van der Waals surface area (Å²) in [6.45, 7) is 0.855. The summed E-state index contributed by atoms with van der Waals surface area (Å²) in [4.78, 5) is 10.0. The molecule has 0 unspecified atom stereocenters. The van der Waals surface area contributed by atoms with Gasteiger partial charge in [-0.1, -0.05) is 0 Å². The van der Waals surface area contributed by atoms with Crippen molar-refractivity contribution in [1.82, 2.24) is 0 Å². The zero-order valence-corrected chi connectivity index (χ0v) is 6.71. The third kappa shape index (κ3) is 9.39. The molecule has 0 heterocycles. The molecule has 0 amide bonds. The maximum Gasteiger partial charge on any atom is 0.303 e. The number of carbonyl (C=O) groups is 1. The number of methoxy groups -OCH3 is 1. The van der Waals surface area contributed by atoms with E-state index in [2.05, 4.69) is 4.74 Å². The van der Waals surface area contributed by atoms with Crippen LogP contribution in [-0.4, -0.2) is 31.6 Å². The summed E-state index contributed by atoms with van der Waals surface area (Å²) < 4.78 is 9.58. The lowest BCUT2D eigenvalue weighted by atomic mass is 10.2. The third-order valence-corrected chi connectivity index (χ3v) is 1.13. The van der Waals surface area contributed by atoms with E-state index >= 15 is 0 Å². The van der Waals surface area contributed by atoms with Gasteiger partial charge in [0.1, 0.15) is 6.79 Å². The van der Waals surface area contributed by atoms with Gasteiger partial charge in [-0.2, -0.15) is 0 Å². The summed E-state index contributed by atoms with van der Waals surface area (Å²) in [5.74, 6) is -0.753. The monoisotopic (exact) mass is 162 g/mol. The zero-order chi connectivity index (χ0) is 8.53. The number of hydrogen-bond acceptors (Lipinski definition) is 3. The highest BCUT2D eigenvalue weighted by Crippen LogP contribution is 1.95. The van der Waals surface area contributed by atoms with Crippen molar-refractivity contribution in [2.24, 2.45) is 0 Å². The molecular formula is C7H14O4. The number of unbranched alkanes of at least 4 members (excludes halogenated alkanes) is 1. The molecular weight excluding hydrogens is 148 g/mol. The topological polar surface area (TPSA) is 55.8 Å². The summed E-state index contributed by atoms with van der Waals surface area (Å²) in [5.41, 5.74) is 0. The normalized spacial score (nSPS) is 9.91. The first-order valence-electron chi connectivity index (χ1n) is 3.56. The molecule has 0 aromatic carbocycles. The van der Waals surface area contributed by atoms with Crippen LogP contribution in [0, 0.1) is 0 Å².